The molecule has 4 heteroatoms. The second kappa shape index (κ2) is 4.49. The molecule has 2 heterocycles. The van der Waals surface area contributed by atoms with Gasteiger partial charge in [-0.05, 0) is 37.1 Å². The predicted molar refractivity (Wildman–Crippen MR) is 79.9 cm³/mol. The minimum Gasteiger partial charge on any atom is -0.493 e. The molecule has 0 aromatic heterocycles. The van der Waals surface area contributed by atoms with E-state index in [4.69, 9.17) is 9.47 Å². The first kappa shape index (κ1) is 13.2. The fraction of sp³-hybridized carbons (Fsp3) is 0.529. The lowest BCUT2D eigenvalue weighted by molar-refractivity contribution is 0.0851. The van der Waals surface area contributed by atoms with Gasteiger partial charge in [0.25, 0.3) is 0 Å². The summed E-state index contributed by atoms with van der Waals surface area (Å²) in [7, 11) is 1.69. The lowest BCUT2D eigenvalue weighted by Gasteiger charge is -2.35. The van der Waals surface area contributed by atoms with Crippen molar-refractivity contribution >= 4 is 0 Å². The Morgan fingerprint density at radius 3 is 3.14 bits per heavy atom. The minimum absolute atomic E-state index is 0.00171. The molecule has 4 nitrogen and oxygen atoms in total. The average Bonchev–Trinajstić information content (AvgIpc) is 2.67. The van der Waals surface area contributed by atoms with E-state index in [0.717, 1.165) is 31.0 Å². The van der Waals surface area contributed by atoms with E-state index in [1.807, 2.05) is 6.08 Å². The summed E-state index contributed by atoms with van der Waals surface area (Å²) >= 11 is 0. The molecule has 0 amide bonds. The maximum absolute atomic E-state index is 9.97. The van der Waals surface area contributed by atoms with Crippen molar-refractivity contribution in [3.05, 3.63) is 34.9 Å². The highest BCUT2D eigenvalue weighted by Gasteiger charge is 2.52. The fourth-order valence-corrected chi connectivity index (χ4v) is 4.11. The van der Waals surface area contributed by atoms with Gasteiger partial charge in [-0.15, -0.1) is 0 Å². The van der Waals surface area contributed by atoms with Crippen molar-refractivity contribution in [2.75, 3.05) is 13.7 Å². The number of aliphatic hydroxyl groups excluding tert-OH is 1. The molecule has 2 N–H and O–H groups in total. The summed E-state index contributed by atoms with van der Waals surface area (Å²) in [6, 6.07) is 2.06. The van der Waals surface area contributed by atoms with Crippen LogP contribution in [0.15, 0.2) is 18.2 Å². The van der Waals surface area contributed by atoms with E-state index in [-0.39, 0.29) is 11.5 Å². The zero-order valence-corrected chi connectivity index (χ0v) is 12.5. The van der Waals surface area contributed by atoms with Gasteiger partial charge in [0, 0.05) is 18.5 Å². The van der Waals surface area contributed by atoms with Gasteiger partial charge in [-0.3, -0.25) is 0 Å². The summed E-state index contributed by atoms with van der Waals surface area (Å²) in [5.41, 5.74) is 3.72. The number of hydrogen-bond acceptors (Lipinski definition) is 4. The molecule has 0 bridgehead atoms. The van der Waals surface area contributed by atoms with E-state index in [0.29, 0.717) is 6.42 Å². The van der Waals surface area contributed by atoms with E-state index in [1.165, 1.54) is 16.7 Å². The highest BCUT2D eigenvalue weighted by molar-refractivity contribution is 5.63. The number of ether oxygens (including phenoxy) is 2. The number of methoxy groups -OCH3 is 1. The van der Waals surface area contributed by atoms with E-state index in [1.54, 1.807) is 7.11 Å². The summed E-state index contributed by atoms with van der Waals surface area (Å²) < 4.78 is 11.8. The van der Waals surface area contributed by atoms with Gasteiger partial charge < -0.3 is 19.9 Å². The van der Waals surface area contributed by atoms with Gasteiger partial charge in [0.15, 0.2) is 11.5 Å². The van der Waals surface area contributed by atoms with Gasteiger partial charge in [-0.25, -0.2) is 0 Å². The Kier molecular flexibility index (Phi) is 2.81. The Bertz CT molecular complexity index is 625. The van der Waals surface area contributed by atoms with Crippen molar-refractivity contribution in [1.82, 2.24) is 5.32 Å². The van der Waals surface area contributed by atoms with Crippen LogP contribution in [0, 0.1) is 6.92 Å². The topological polar surface area (TPSA) is 50.7 Å². The van der Waals surface area contributed by atoms with Crippen molar-refractivity contribution in [2.45, 2.75) is 43.9 Å². The molecule has 112 valence electrons. The van der Waals surface area contributed by atoms with Crippen LogP contribution in [0.1, 0.15) is 29.5 Å². The third-order valence-electron chi connectivity index (χ3n) is 5.18. The van der Waals surface area contributed by atoms with Gasteiger partial charge >= 0.3 is 0 Å². The number of nitrogens with one attached hydrogen (secondary N) is 1. The van der Waals surface area contributed by atoms with E-state index < -0.39 is 6.10 Å². The Labute approximate surface area is 124 Å². The molecular weight excluding hydrogens is 266 g/mol. The van der Waals surface area contributed by atoms with Crippen LogP contribution >= 0.6 is 0 Å². The molecule has 0 radical (unpaired) electrons. The summed E-state index contributed by atoms with van der Waals surface area (Å²) in [6.45, 7) is 3.95. The summed E-state index contributed by atoms with van der Waals surface area (Å²) in [6.07, 6.45) is 5.33. The molecule has 0 unspecified atom stereocenters. The smallest absolute Gasteiger partial charge is 0.166 e. The number of aryl methyl sites for hydroxylation is 1. The quantitative estimate of drug-likeness (QED) is 0.774. The number of hydrogen-bond donors (Lipinski definition) is 2. The maximum atomic E-state index is 9.97. The van der Waals surface area contributed by atoms with Crippen LogP contribution in [0.25, 0.3) is 0 Å². The molecule has 0 saturated heterocycles. The normalized spacial score (nSPS) is 32.9. The van der Waals surface area contributed by atoms with Gasteiger partial charge in [-0.1, -0.05) is 12.2 Å². The molecule has 3 aliphatic rings. The van der Waals surface area contributed by atoms with Crippen molar-refractivity contribution in [3.63, 3.8) is 0 Å². The third kappa shape index (κ3) is 1.69. The number of rotatable bonds is 1. The largest absolute Gasteiger partial charge is 0.493 e. The van der Waals surface area contributed by atoms with E-state index >= 15 is 0 Å². The van der Waals surface area contributed by atoms with E-state index in [2.05, 4.69) is 24.4 Å². The highest BCUT2D eigenvalue weighted by Crippen LogP contribution is 2.55. The maximum Gasteiger partial charge on any atom is 0.166 e. The minimum atomic E-state index is -0.415. The summed E-state index contributed by atoms with van der Waals surface area (Å²) in [5, 5.41) is 13.5. The molecule has 21 heavy (non-hydrogen) atoms. The standard InChI is InChI=1S/C17H21NO3/c1-10-7-13(20-2)16-15-12(10)9-18-6-5-17(15)4-3-11(19)8-14(17)21-16/h3-4,7,11,14,18-19H,5-6,8-9H2,1-2H3/t11-,14-,17+/m0/s1. The first-order chi connectivity index (χ1) is 10.2. The zero-order chi connectivity index (χ0) is 14.6. The Morgan fingerprint density at radius 1 is 1.48 bits per heavy atom. The molecule has 1 aromatic rings. The van der Waals surface area contributed by atoms with Crippen LogP contribution in [-0.4, -0.2) is 31.0 Å². The molecule has 1 aromatic carbocycles. The van der Waals surface area contributed by atoms with Crippen LogP contribution in [0.2, 0.25) is 0 Å². The van der Waals surface area contributed by atoms with Crippen molar-refractivity contribution < 1.29 is 14.6 Å². The van der Waals surface area contributed by atoms with Crippen LogP contribution < -0.4 is 14.8 Å². The number of aliphatic hydroxyl groups is 1. The molecule has 1 aliphatic carbocycles. The van der Waals surface area contributed by atoms with Crippen molar-refractivity contribution in [1.29, 1.82) is 0 Å². The van der Waals surface area contributed by atoms with Crippen LogP contribution in [-0.2, 0) is 12.0 Å². The molecule has 4 rings (SSSR count). The molecule has 1 spiro atoms. The molecule has 3 atom stereocenters. The molecular formula is C17H21NO3. The molecule has 2 aliphatic heterocycles. The van der Waals surface area contributed by atoms with Crippen molar-refractivity contribution in [3.8, 4) is 11.5 Å². The lowest BCUT2D eigenvalue weighted by Crippen LogP contribution is -2.42. The van der Waals surface area contributed by atoms with Gasteiger partial charge in [-0.2, -0.15) is 0 Å². The predicted octanol–water partition coefficient (Wildman–Crippen LogP) is 1.82. The third-order valence-corrected chi connectivity index (χ3v) is 5.18. The summed E-state index contributed by atoms with van der Waals surface area (Å²) in [4.78, 5) is 0. The summed E-state index contributed by atoms with van der Waals surface area (Å²) in [5.74, 6) is 1.69. The van der Waals surface area contributed by atoms with Gasteiger partial charge in [0.05, 0.1) is 18.6 Å². The lowest BCUT2D eigenvalue weighted by atomic mass is 9.68. The van der Waals surface area contributed by atoms with Crippen LogP contribution in [0.3, 0.4) is 0 Å². The van der Waals surface area contributed by atoms with Gasteiger partial charge in [0.2, 0.25) is 0 Å². The monoisotopic (exact) mass is 287 g/mol. The van der Waals surface area contributed by atoms with Crippen LogP contribution in [0.5, 0.6) is 11.5 Å². The fourth-order valence-electron chi connectivity index (χ4n) is 4.11. The Morgan fingerprint density at radius 2 is 2.33 bits per heavy atom. The van der Waals surface area contributed by atoms with E-state index in [9.17, 15) is 5.11 Å². The molecule has 0 fully saturated rings. The first-order valence-corrected chi connectivity index (χ1v) is 7.61. The van der Waals surface area contributed by atoms with Crippen LogP contribution in [0.4, 0.5) is 0 Å². The Hall–Kier alpha value is -1.52. The average molecular weight is 287 g/mol. The Balaban J connectivity index is 2.00. The first-order valence-electron chi connectivity index (χ1n) is 7.61. The zero-order valence-electron chi connectivity index (χ0n) is 12.5. The number of benzene rings is 1. The van der Waals surface area contributed by atoms with Gasteiger partial charge in [0.1, 0.15) is 6.10 Å². The second-order valence-corrected chi connectivity index (χ2v) is 6.31. The highest BCUT2D eigenvalue weighted by atomic mass is 16.5. The SMILES string of the molecule is COc1cc(C)c2c3c1O[C@H]1C[C@@H](O)C=C[C@]31CCNC2. The van der Waals surface area contributed by atoms with Crippen molar-refractivity contribution in [2.24, 2.45) is 0 Å². The molecule has 0 saturated carbocycles. The second-order valence-electron chi connectivity index (χ2n) is 6.31.